The van der Waals surface area contributed by atoms with E-state index in [2.05, 4.69) is 28.1 Å². The summed E-state index contributed by atoms with van der Waals surface area (Å²) in [6.07, 6.45) is 2.84. The molecule has 25 heavy (non-hydrogen) atoms. The number of nitrogens with zero attached hydrogens (tertiary/aromatic N) is 4. The zero-order chi connectivity index (χ0) is 17.8. The predicted molar refractivity (Wildman–Crippen MR) is 97.4 cm³/mol. The maximum absolute atomic E-state index is 10.7. The van der Waals surface area contributed by atoms with Crippen molar-refractivity contribution in [1.82, 2.24) is 9.36 Å². The van der Waals surface area contributed by atoms with Crippen LogP contribution in [0.1, 0.15) is 32.5 Å². The number of rotatable bonds is 6. The van der Waals surface area contributed by atoms with Gasteiger partial charge in [0.2, 0.25) is 5.13 Å². The highest BCUT2D eigenvalue weighted by Gasteiger charge is 2.23. The van der Waals surface area contributed by atoms with E-state index in [4.69, 9.17) is 4.74 Å². The third kappa shape index (κ3) is 4.66. The molecule has 2 aromatic rings. The fraction of sp³-hybridized carbons (Fsp3) is 0.529. The Morgan fingerprint density at radius 1 is 1.32 bits per heavy atom. The number of aromatic nitrogens is 2. The van der Waals surface area contributed by atoms with Crippen molar-refractivity contribution >= 4 is 22.4 Å². The minimum Gasteiger partial charge on any atom is -0.490 e. The highest BCUT2D eigenvalue weighted by molar-refractivity contribution is 7.09. The number of nitro groups is 1. The second kappa shape index (κ2) is 7.77. The second-order valence-electron chi connectivity index (χ2n) is 6.65. The summed E-state index contributed by atoms with van der Waals surface area (Å²) in [7, 11) is 0. The van der Waals surface area contributed by atoms with Gasteiger partial charge in [0, 0.05) is 56.0 Å². The van der Waals surface area contributed by atoms with Gasteiger partial charge in [0.15, 0.2) is 0 Å². The summed E-state index contributed by atoms with van der Waals surface area (Å²) in [6.45, 7) is 6.10. The lowest BCUT2D eigenvalue weighted by atomic mass is 10.1. The van der Waals surface area contributed by atoms with Crippen molar-refractivity contribution in [1.29, 1.82) is 0 Å². The van der Waals surface area contributed by atoms with Crippen LogP contribution in [0.4, 0.5) is 10.8 Å². The van der Waals surface area contributed by atoms with Gasteiger partial charge in [-0.25, -0.2) is 4.98 Å². The fourth-order valence-corrected chi connectivity index (χ4v) is 3.57. The van der Waals surface area contributed by atoms with Crippen molar-refractivity contribution in [2.24, 2.45) is 5.92 Å². The molecule has 0 atom stereocenters. The van der Waals surface area contributed by atoms with Crippen molar-refractivity contribution in [2.75, 3.05) is 18.0 Å². The van der Waals surface area contributed by atoms with Crippen molar-refractivity contribution in [3.05, 3.63) is 40.2 Å². The molecular weight excluding hydrogens is 340 g/mol. The average molecular weight is 362 g/mol. The molecule has 0 saturated carbocycles. The van der Waals surface area contributed by atoms with E-state index in [9.17, 15) is 10.1 Å². The molecular formula is C17H22N4O3S. The third-order valence-corrected chi connectivity index (χ3v) is 4.93. The summed E-state index contributed by atoms with van der Waals surface area (Å²) in [4.78, 5) is 17.2. The lowest BCUT2D eigenvalue weighted by Gasteiger charge is -2.31. The summed E-state index contributed by atoms with van der Waals surface area (Å²) in [6, 6.07) is 6.27. The normalized spacial score (nSPS) is 15.6. The largest absolute Gasteiger partial charge is 0.490 e. The molecule has 0 aliphatic carbocycles. The van der Waals surface area contributed by atoms with Crippen LogP contribution in [-0.4, -0.2) is 33.5 Å². The number of ether oxygens (including phenoxy) is 1. The molecule has 1 aliphatic rings. The van der Waals surface area contributed by atoms with Gasteiger partial charge in [-0.3, -0.25) is 10.1 Å². The highest BCUT2D eigenvalue weighted by Crippen LogP contribution is 2.26. The van der Waals surface area contributed by atoms with E-state index < -0.39 is 4.92 Å². The van der Waals surface area contributed by atoms with Crippen LogP contribution in [0, 0.1) is 16.0 Å². The van der Waals surface area contributed by atoms with Crippen LogP contribution in [0.5, 0.6) is 5.75 Å². The van der Waals surface area contributed by atoms with Crippen molar-refractivity contribution in [3.63, 3.8) is 0 Å². The Balaban J connectivity index is 1.51. The van der Waals surface area contributed by atoms with E-state index in [1.54, 1.807) is 12.1 Å². The molecule has 0 unspecified atom stereocenters. The van der Waals surface area contributed by atoms with Gasteiger partial charge in [-0.15, -0.1) is 0 Å². The molecule has 2 heterocycles. The van der Waals surface area contributed by atoms with Gasteiger partial charge in [-0.2, -0.15) is 4.37 Å². The molecule has 1 fully saturated rings. The number of nitro benzene ring substituents is 1. The molecule has 8 heteroatoms. The summed E-state index contributed by atoms with van der Waals surface area (Å²) in [5, 5.41) is 11.7. The van der Waals surface area contributed by atoms with Crippen LogP contribution in [0.2, 0.25) is 0 Å². The maximum Gasteiger partial charge on any atom is 0.269 e. The van der Waals surface area contributed by atoms with E-state index in [-0.39, 0.29) is 11.8 Å². The minimum absolute atomic E-state index is 0.0793. The lowest BCUT2D eigenvalue weighted by Crippen LogP contribution is -2.38. The van der Waals surface area contributed by atoms with Gasteiger partial charge < -0.3 is 9.64 Å². The SMILES string of the molecule is CC(C)Cc1nsc(N2CCC(Oc3ccc([N+](=O)[O-])cc3)CC2)n1. The molecule has 0 spiro atoms. The molecule has 0 amide bonds. The Kier molecular flexibility index (Phi) is 5.47. The van der Waals surface area contributed by atoms with Gasteiger partial charge in [-0.05, 0) is 18.1 Å². The molecule has 1 aromatic heterocycles. The molecule has 1 saturated heterocycles. The minimum atomic E-state index is -0.405. The summed E-state index contributed by atoms with van der Waals surface area (Å²) in [5.74, 6) is 2.17. The van der Waals surface area contributed by atoms with E-state index in [0.29, 0.717) is 11.7 Å². The molecule has 134 valence electrons. The van der Waals surface area contributed by atoms with Crippen LogP contribution >= 0.6 is 11.5 Å². The zero-order valence-electron chi connectivity index (χ0n) is 14.4. The fourth-order valence-electron chi connectivity index (χ4n) is 2.83. The number of anilines is 1. The van der Waals surface area contributed by atoms with Crippen molar-refractivity contribution < 1.29 is 9.66 Å². The van der Waals surface area contributed by atoms with E-state index in [1.807, 2.05) is 0 Å². The first kappa shape index (κ1) is 17.6. The Morgan fingerprint density at radius 2 is 2.00 bits per heavy atom. The summed E-state index contributed by atoms with van der Waals surface area (Å²) in [5.41, 5.74) is 0.0793. The monoisotopic (exact) mass is 362 g/mol. The first-order chi connectivity index (χ1) is 12.0. The Bertz CT molecular complexity index is 709. The highest BCUT2D eigenvalue weighted by atomic mass is 32.1. The van der Waals surface area contributed by atoms with E-state index in [0.717, 1.165) is 43.3 Å². The molecule has 3 rings (SSSR count). The van der Waals surface area contributed by atoms with Gasteiger partial charge in [0.05, 0.1) is 4.92 Å². The number of hydrogen-bond donors (Lipinski definition) is 0. The Labute approximate surface area is 151 Å². The first-order valence-electron chi connectivity index (χ1n) is 8.50. The van der Waals surface area contributed by atoms with Gasteiger partial charge in [-0.1, -0.05) is 13.8 Å². The maximum atomic E-state index is 10.7. The van der Waals surface area contributed by atoms with Crippen molar-refractivity contribution in [3.8, 4) is 5.75 Å². The number of non-ortho nitro benzene ring substituents is 1. The number of benzene rings is 1. The smallest absolute Gasteiger partial charge is 0.269 e. The van der Waals surface area contributed by atoms with Crippen LogP contribution in [0.3, 0.4) is 0 Å². The molecule has 0 N–H and O–H groups in total. The van der Waals surface area contributed by atoms with Crippen LogP contribution < -0.4 is 9.64 Å². The van der Waals surface area contributed by atoms with E-state index in [1.165, 1.54) is 23.7 Å². The standard InChI is InChI=1S/C17H22N4O3S/c1-12(2)11-16-18-17(25-19-16)20-9-7-15(8-10-20)24-14-5-3-13(4-6-14)21(22)23/h3-6,12,15H,7-11H2,1-2H3. The summed E-state index contributed by atoms with van der Waals surface area (Å²) < 4.78 is 10.4. The van der Waals surface area contributed by atoms with Gasteiger partial charge in [0.25, 0.3) is 5.69 Å². The first-order valence-corrected chi connectivity index (χ1v) is 9.27. The molecule has 0 radical (unpaired) electrons. The van der Waals surface area contributed by atoms with Crippen LogP contribution in [0.25, 0.3) is 0 Å². The summed E-state index contributed by atoms with van der Waals surface area (Å²) >= 11 is 1.47. The van der Waals surface area contributed by atoms with Gasteiger partial charge >= 0.3 is 0 Å². The molecule has 1 aliphatic heterocycles. The quantitative estimate of drug-likeness (QED) is 0.576. The van der Waals surface area contributed by atoms with Crippen molar-refractivity contribution in [2.45, 2.75) is 39.2 Å². The average Bonchev–Trinajstić information content (AvgIpc) is 3.04. The molecule has 7 nitrogen and oxygen atoms in total. The van der Waals surface area contributed by atoms with Crippen LogP contribution in [0.15, 0.2) is 24.3 Å². The topological polar surface area (TPSA) is 81.4 Å². The second-order valence-corrected chi connectivity index (χ2v) is 7.38. The van der Waals surface area contributed by atoms with E-state index >= 15 is 0 Å². The molecule has 0 bridgehead atoms. The predicted octanol–water partition coefficient (Wildman–Crippen LogP) is 3.69. The molecule has 1 aromatic carbocycles. The Hall–Kier alpha value is -2.22. The third-order valence-electron chi connectivity index (χ3n) is 4.11. The van der Waals surface area contributed by atoms with Gasteiger partial charge in [0.1, 0.15) is 17.7 Å². The number of hydrogen-bond acceptors (Lipinski definition) is 7. The number of piperidine rings is 1. The van der Waals surface area contributed by atoms with Crippen LogP contribution in [-0.2, 0) is 6.42 Å². The lowest BCUT2D eigenvalue weighted by molar-refractivity contribution is -0.384. The zero-order valence-corrected chi connectivity index (χ0v) is 15.2. The Morgan fingerprint density at radius 3 is 2.60 bits per heavy atom.